The third-order valence-corrected chi connectivity index (χ3v) is 3.87. The average molecular weight is 293 g/mol. The Labute approximate surface area is 123 Å². The Morgan fingerprint density at radius 1 is 1.24 bits per heavy atom. The van der Waals surface area contributed by atoms with Crippen LogP contribution in [-0.2, 0) is 9.53 Å². The van der Waals surface area contributed by atoms with Crippen LogP contribution in [0.15, 0.2) is 24.3 Å². The van der Waals surface area contributed by atoms with Gasteiger partial charge in [0.25, 0.3) is 5.91 Å². The summed E-state index contributed by atoms with van der Waals surface area (Å²) in [6, 6.07) is 5.19. The molecule has 1 aliphatic rings. The van der Waals surface area contributed by atoms with Crippen LogP contribution in [0.4, 0.5) is 4.39 Å². The Hall–Kier alpha value is -1.91. The van der Waals surface area contributed by atoms with Gasteiger partial charge in [0.05, 0.1) is 5.56 Å². The number of carbonyl (C=O) groups is 2. The fraction of sp³-hybridized carbons (Fsp3) is 0.500. The van der Waals surface area contributed by atoms with Gasteiger partial charge in [-0.1, -0.05) is 19.8 Å². The van der Waals surface area contributed by atoms with E-state index in [2.05, 4.69) is 12.2 Å². The van der Waals surface area contributed by atoms with Crippen molar-refractivity contribution in [1.29, 1.82) is 0 Å². The van der Waals surface area contributed by atoms with Gasteiger partial charge in [-0.2, -0.15) is 0 Å². The lowest BCUT2D eigenvalue weighted by Gasteiger charge is -2.29. The van der Waals surface area contributed by atoms with E-state index >= 15 is 0 Å². The predicted octanol–water partition coefficient (Wildman–Crippen LogP) is 2.68. The van der Waals surface area contributed by atoms with Gasteiger partial charge in [-0.15, -0.1) is 0 Å². The minimum atomic E-state index is -0.623. The van der Waals surface area contributed by atoms with Crippen LogP contribution < -0.4 is 5.32 Å². The van der Waals surface area contributed by atoms with E-state index in [0.29, 0.717) is 5.92 Å². The minimum absolute atomic E-state index is 0.163. The van der Waals surface area contributed by atoms with Crippen LogP contribution in [0.25, 0.3) is 0 Å². The van der Waals surface area contributed by atoms with Crippen molar-refractivity contribution in [3.63, 3.8) is 0 Å². The van der Waals surface area contributed by atoms with Gasteiger partial charge in [0, 0.05) is 6.04 Å². The maximum Gasteiger partial charge on any atom is 0.338 e. The maximum absolute atomic E-state index is 12.7. The fourth-order valence-corrected chi connectivity index (χ4v) is 2.58. The highest BCUT2D eigenvalue weighted by Crippen LogP contribution is 2.23. The summed E-state index contributed by atoms with van der Waals surface area (Å²) in [6.45, 7) is 1.81. The molecule has 2 rings (SSSR count). The standard InChI is InChI=1S/C16H20FNO3/c1-11-4-2-3-5-14(11)18-15(19)10-21-16(20)12-6-8-13(17)9-7-12/h6-9,11,14H,2-5,10H2,1H3,(H,18,19). The van der Waals surface area contributed by atoms with Crippen molar-refractivity contribution in [2.75, 3.05) is 6.61 Å². The van der Waals surface area contributed by atoms with Gasteiger partial charge >= 0.3 is 5.97 Å². The fourth-order valence-electron chi connectivity index (χ4n) is 2.58. The van der Waals surface area contributed by atoms with Gasteiger partial charge < -0.3 is 10.1 Å². The van der Waals surface area contributed by atoms with Crippen LogP contribution in [0.5, 0.6) is 0 Å². The number of esters is 1. The van der Waals surface area contributed by atoms with E-state index in [1.807, 2.05) is 0 Å². The highest BCUT2D eigenvalue weighted by atomic mass is 19.1. The molecule has 0 spiro atoms. The van der Waals surface area contributed by atoms with Gasteiger partial charge in [0.2, 0.25) is 0 Å². The highest BCUT2D eigenvalue weighted by molar-refractivity contribution is 5.91. The normalized spacial score (nSPS) is 21.6. The van der Waals surface area contributed by atoms with Gasteiger partial charge in [-0.3, -0.25) is 4.79 Å². The second-order valence-electron chi connectivity index (χ2n) is 5.52. The molecule has 0 heterocycles. The number of halogens is 1. The molecule has 5 heteroatoms. The smallest absolute Gasteiger partial charge is 0.338 e. The Bertz CT molecular complexity index is 501. The second-order valence-corrected chi connectivity index (χ2v) is 5.52. The Morgan fingerprint density at radius 2 is 1.90 bits per heavy atom. The Balaban J connectivity index is 1.78. The molecule has 0 bridgehead atoms. The molecule has 0 aromatic heterocycles. The van der Waals surface area contributed by atoms with Gasteiger partial charge in [-0.25, -0.2) is 9.18 Å². The van der Waals surface area contributed by atoms with Crippen LogP contribution in [-0.4, -0.2) is 24.5 Å². The van der Waals surface area contributed by atoms with Crippen LogP contribution in [0.1, 0.15) is 43.0 Å². The largest absolute Gasteiger partial charge is 0.452 e. The number of amides is 1. The number of ether oxygens (including phenoxy) is 1. The number of nitrogens with one attached hydrogen (secondary N) is 1. The monoisotopic (exact) mass is 293 g/mol. The van der Waals surface area contributed by atoms with Crippen molar-refractivity contribution in [2.45, 2.75) is 38.6 Å². The van der Waals surface area contributed by atoms with Crippen molar-refractivity contribution in [2.24, 2.45) is 5.92 Å². The summed E-state index contributed by atoms with van der Waals surface area (Å²) in [5.74, 6) is -0.878. The van der Waals surface area contributed by atoms with Crippen LogP contribution in [0.3, 0.4) is 0 Å². The molecule has 1 aromatic rings. The summed E-state index contributed by atoms with van der Waals surface area (Å²) >= 11 is 0. The van der Waals surface area contributed by atoms with E-state index in [9.17, 15) is 14.0 Å². The summed E-state index contributed by atoms with van der Waals surface area (Å²) in [6.07, 6.45) is 4.40. The molecule has 0 saturated heterocycles. The van der Waals surface area contributed by atoms with Gasteiger partial charge in [0.1, 0.15) is 5.82 Å². The second kappa shape index (κ2) is 7.20. The van der Waals surface area contributed by atoms with E-state index in [1.54, 1.807) is 0 Å². The minimum Gasteiger partial charge on any atom is -0.452 e. The first-order chi connectivity index (χ1) is 10.1. The lowest BCUT2D eigenvalue weighted by atomic mass is 9.86. The van der Waals surface area contributed by atoms with Gasteiger partial charge in [0.15, 0.2) is 6.61 Å². The number of benzene rings is 1. The zero-order chi connectivity index (χ0) is 15.2. The molecule has 0 radical (unpaired) electrons. The Kier molecular flexibility index (Phi) is 5.31. The molecular weight excluding hydrogens is 273 g/mol. The molecule has 21 heavy (non-hydrogen) atoms. The molecule has 114 valence electrons. The van der Waals surface area contributed by atoms with E-state index in [1.165, 1.54) is 30.7 Å². The van der Waals surface area contributed by atoms with Crippen LogP contribution >= 0.6 is 0 Å². The van der Waals surface area contributed by atoms with Crippen molar-refractivity contribution in [3.8, 4) is 0 Å². The summed E-state index contributed by atoms with van der Waals surface area (Å²) in [4.78, 5) is 23.5. The SMILES string of the molecule is CC1CCCCC1NC(=O)COC(=O)c1ccc(F)cc1. The van der Waals surface area contributed by atoms with Crippen molar-refractivity contribution < 1.29 is 18.7 Å². The molecular formula is C16H20FNO3. The third kappa shape index (κ3) is 4.55. The number of carbonyl (C=O) groups excluding carboxylic acids is 2. The van der Waals surface area contributed by atoms with Crippen molar-refractivity contribution in [3.05, 3.63) is 35.6 Å². The first kappa shape index (κ1) is 15.5. The molecule has 1 saturated carbocycles. The predicted molar refractivity (Wildman–Crippen MR) is 76.2 cm³/mol. The topological polar surface area (TPSA) is 55.4 Å². The van der Waals surface area contributed by atoms with Crippen molar-refractivity contribution >= 4 is 11.9 Å². The molecule has 1 aliphatic carbocycles. The number of hydrogen-bond acceptors (Lipinski definition) is 3. The molecule has 1 aromatic carbocycles. The highest BCUT2D eigenvalue weighted by Gasteiger charge is 2.23. The summed E-state index contributed by atoms with van der Waals surface area (Å²) in [5.41, 5.74) is 0.232. The molecule has 2 unspecified atom stereocenters. The van der Waals surface area contributed by atoms with Crippen LogP contribution in [0, 0.1) is 11.7 Å². The molecule has 2 atom stereocenters. The maximum atomic E-state index is 12.7. The summed E-state index contributed by atoms with van der Waals surface area (Å²) in [5, 5.41) is 2.91. The Morgan fingerprint density at radius 3 is 2.57 bits per heavy atom. The molecule has 4 nitrogen and oxygen atoms in total. The van der Waals surface area contributed by atoms with E-state index in [0.717, 1.165) is 19.3 Å². The molecule has 1 N–H and O–H groups in total. The lowest BCUT2D eigenvalue weighted by molar-refractivity contribution is -0.125. The van der Waals surface area contributed by atoms with Crippen molar-refractivity contribution in [1.82, 2.24) is 5.32 Å². The lowest BCUT2D eigenvalue weighted by Crippen LogP contribution is -2.42. The van der Waals surface area contributed by atoms with Crippen LogP contribution in [0.2, 0.25) is 0 Å². The molecule has 1 fully saturated rings. The third-order valence-electron chi connectivity index (χ3n) is 3.87. The van der Waals surface area contributed by atoms with E-state index in [-0.39, 0.29) is 24.1 Å². The molecule has 1 amide bonds. The number of rotatable bonds is 4. The first-order valence-electron chi connectivity index (χ1n) is 7.28. The zero-order valence-corrected chi connectivity index (χ0v) is 12.1. The zero-order valence-electron chi connectivity index (χ0n) is 12.1. The quantitative estimate of drug-likeness (QED) is 0.868. The summed E-state index contributed by atoms with van der Waals surface area (Å²) < 4.78 is 17.7. The van der Waals surface area contributed by atoms with E-state index < -0.39 is 11.8 Å². The average Bonchev–Trinajstić information content (AvgIpc) is 2.48. The molecule has 0 aliphatic heterocycles. The number of hydrogen-bond donors (Lipinski definition) is 1. The first-order valence-corrected chi connectivity index (χ1v) is 7.28. The summed E-state index contributed by atoms with van der Waals surface area (Å²) in [7, 11) is 0. The van der Waals surface area contributed by atoms with Gasteiger partial charge in [-0.05, 0) is 43.0 Å². The van der Waals surface area contributed by atoms with E-state index in [4.69, 9.17) is 4.74 Å².